The van der Waals surface area contributed by atoms with Gasteiger partial charge in [-0.25, -0.2) is 9.07 Å². The zero-order valence-corrected chi connectivity index (χ0v) is 12.7. The largest absolute Gasteiger partial charge is 0.319 e. The Labute approximate surface area is 130 Å². The van der Waals surface area contributed by atoms with Crippen molar-refractivity contribution in [3.05, 3.63) is 82.3 Å². The molecule has 0 spiro atoms. The summed E-state index contributed by atoms with van der Waals surface area (Å²) in [6, 6.07) is 15.6. The molecule has 0 saturated heterocycles. The summed E-state index contributed by atoms with van der Waals surface area (Å²) in [5, 5.41) is 4.31. The fraction of sp³-hybridized carbons (Fsp3) is 0.0625. The number of halogens is 2. The van der Waals surface area contributed by atoms with Gasteiger partial charge in [0.25, 0.3) is 0 Å². The number of nitrogens with zero attached hydrogens (tertiary/aromatic N) is 2. The first-order chi connectivity index (χ1) is 10.2. The predicted octanol–water partition coefficient (Wildman–Crippen LogP) is 3.82. The van der Waals surface area contributed by atoms with E-state index in [9.17, 15) is 4.39 Å². The monoisotopic (exact) mass is 345 g/mol. The minimum atomic E-state index is -0.474. The maximum Gasteiger partial charge on any atom is 0.123 e. The maximum atomic E-state index is 13.5. The van der Waals surface area contributed by atoms with Crippen LogP contribution in [0.2, 0.25) is 0 Å². The molecule has 2 aromatic carbocycles. The molecule has 0 amide bonds. The van der Waals surface area contributed by atoms with Crippen molar-refractivity contribution in [1.29, 1.82) is 0 Å². The van der Waals surface area contributed by atoms with Crippen LogP contribution in [0.4, 0.5) is 4.39 Å². The molecular formula is C16H13BrFN3. The smallest absolute Gasteiger partial charge is 0.123 e. The van der Waals surface area contributed by atoms with E-state index in [1.54, 1.807) is 16.9 Å². The molecule has 1 unspecified atom stereocenters. The van der Waals surface area contributed by atoms with Crippen LogP contribution in [0.25, 0.3) is 5.69 Å². The van der Waals surface area contributed by atoms with Crippen LogP contribution in [-0.2, 0) is 0 Å². The first-order valence-electron chi connectivity index (χ1n) is 6.46. The molecule has 5 heteroatoms. The zero-order chi connectivity index (χ0) is 14.8. The lowest BCUT2D eigenvalue weighted by Crippen LogP contribution is -2.17. The van der Waals surface area contributed by atoms with Gasteiger partial charge in [-0.3, -0.25) is 0 Å². The van der Waals surface area contributed by atoms with Crippen molar-refractivity contribution in [3.8, 4) is 5.69 Å². The van der Waals surface area contributed by atoms with Gasteiger partial charge >= 0.3 is 0 Å². The van der Waals surface area contributed by atoms with E-state index in [1.807, 2.05) is 36.4 Å². The summed E-state index contributed by atoms with van der Waals surface area (Å²) in [5.41, 5.74) is 8.71. The first-order valence-corrected chi connectivity index (χ1v) is 7.26. The molecule has 3 aromatic rings. The average molecular weight is 346 g/mol. The third kappa shape index (κ3) is 2.75. The highest BCUT2D eigenvalue weighted by molar-refractivity contribution is 9.10. The Morgan fingerprint density at radius 1 is 1.10 bits per heavy atom. The highest BCUT2D eigenvalue weighted by Crippen LogP contribution is 2.28. The highest BCUT2D eigenvalue weighted by atomic mass is 79.9. The maximum absolute atomic E-state index is 13.5. The third-order valence-corrected chi connectivity index (χ3v) is 4.01. The number of para-hydroxylation sites is 1. The molecule has 0 aliphatic rings. The Morgan fingerprint density at radius 3 is 2.62 bits per heavy atom. The minimum absolute atomic E-state index is 0.311. The standard InChI is InChI=1S/C16H13BrFN3/c17-14-7-6-11(18)10-13(14)16(19)15-8-9-20-21(15)12-4-2-1-3-5-12/h1-10,16H,19H2. The number of benzene rings is 2. The Morgan fingerprint density at radius 2 is 1.86 bits per heavy atom. The topological polar surface area (TPSA) is 43.8 Å². The molecule has 1 heterocycles. The summed E-state index contributed by atoms with van der Waals surface area (Å²) in [6.07, 6.45) is 1.69. The molecular weight excluding hydrogens is 333 g/mol. The normalized spacial score (nSPS) is 12.3. The lowest BCUT2D eigenvalue weighted by atomic mass is 10.0. The lowest BCUT2D eigenvalue weighted by Gasteiger charge is -2.16. The number of hydrogen-bond acceptors (Lipinski definition) is 2. The summed E-state index contributed by atoms with van der Waals surface area (Å²) in [4.78, 5) is 0. The second-order valence-corrected chi connectivity index (χ2v) is 5.50. The predicted molar refractivity (Wildman–Crippen MR) is 83.7 cm³/mol. The van der Waals surface area contributed by atoms with Crippen LogP contribution in [0.5, 0.6) is 0 Å². The van der Waals surface area contributed by atoms with Crippen LogP contribution >= 0.6 is 15.9 Å². The van der Waals surface area contributed by atoms with E-state index < -0.39 is 6.04 Å². The lowest BCUT2D eigenvalue weighted by molar-refractivity contribution is 0.621. The van der Waals surface area contributed by atoms with Crippen LogP contribution in [0.15, 0.2) is 65.3 Å². The van der Waals surface area contributed by atoms with E-state index in [1.165, 1.54) is 12.1 Å². The van der Waals surface area contributed by atoms with E-state index >= 15 is 0 Å². The molecule has 0 fully saturated rings. The van der Waals surface area contributed by atoms with Crippen LogP contribution in [0.3, 0.4) is 0 Å². The fourth-order valence-electron chi connectivity index (χ4n) is 2.25. The van der Waals surface area contributed by atoms with E-state index in [4.69, 9.17) is 5.73 Å². The molecule has 3 rings (SSSR count). The molecule has 1 atom stereocenters. The van der Waals surface area contributed by atoms with Crippen molar-refractivity contribution in [1.82, 2.24) is 9.78 Å². The SMILES string of the molecule is NC(c1cc(F)ccc1Br)c1ccnn1-c1ccccc1. The van der Waals surface area contributed by atoms with Crippen molar-refractivity contribution in [2.75, 3.05) is 0 Å². The van der Waals surface area contributed by atoms with E-state index in [-0.39, 0.29) is 5.82 Å². The molecule has 3 nitrogen and oxygen atoms in total. The van der Waals surface area contributed by atoms with Gasteiger partial charge in [-0.15, -0.1) is 0 Å². The molecule has 0 saturated carbocycles. The fourth-order valence-corrected chi connectivity index (χ4v) is 2.74. The summed E-state index contributed by atoms with van der Waals surface area (Å²) < 4.78 is 16.0. The molecule has 106 valence electrons. The van der Waals surface area contributed by atoms with Crippen molar-refractivity contribution < 1.29 is 4.39 Å². The van der Waals surface area contributed by atoms with Crippen LogP contribution in [-0.4, -0.2) is 9.78 Å². The van der Waals surface area contributed by atoms with Gasteiger partial charge in [-0.1, -0.05) is 34.1 Å². The summed E-state index contributed by atoms with van der Waals surface area (Å²) in [7, 11) is 0. The van der Waals surface area contributed by atoms with E-state index in [2.05, 4.69) is 21.0 Å². The van der Waals surface area contributed by atoms with Crippen LogP contribution < -0.4 is 5.73 Å². The van der Waals surface area contributed by atoms with Crippen LogP contribution in [0, 0.1) is 5.82 Å². The number of aromatic nitrogens is 2. The van der Waals surface area contributed by atoms with E-state index in [0.29, 0.717) is 5.56 Å². The third-order valence-electron chi connectivity index (χ3n) is 3.28. The Kier molecular flexibility index (Phi) is 3.86. The van der Waals surface area contributed by atoms with Crippen molar-refractivity contribution in [2.45, 2.75) is 6.04 Å². The van der Waals surface area contributed by atoms with Gasteiger partial charge in [0.1, 0.15) is 5.82 Å². The first kappa shape index (κ1) is 14.0. The number of nitrogens with two attached hydrogens (primary N) is 1. The van der Waals surface area contributed by atoms with Gasteiger partial charge in [0.05, 0.1) is 17.4 Å². The Balaban J connectivity index is 2.06. The van der Waals surface area contributed by atoms with Gasteiger partial charge in [0.2, 0.25) is 0 Å². The number of rotatable bonds is 3. The van der Waals surface area contributed by atoms with Crippen LogP contribution in [0.1, 0.15) is 17.3 Å². The summed E-state index contributed by atoms with van der Waals surface area (Å²) in [6.45, 7) is 0. The summed E-state index contributed by atoms with van der Waals surface area (Å²) >= 11 is 3.42. The molecule has 0 aliphatic carbocycles. The molecule has 2 N–H and O–H groups in total. The van der Waals surface area contributed by atoms with E-state index in [0.717, 1.165) is 15.9 Å². The average Bonchev–Trinajstić information content (AvgIpc) is 2.99. The number of hydrogen-bond donors (Lipinski definition) is 1. The van der Waals surface area contributed by atoms with Gasteiger partial charge in [0, 0.05) is 10.7 Å². The van der Waals surface area contributed by atoms with Crippen molar-refractivity contribution in [3.63, 3.8) is 0 Å². The molecule has 0 radical (unpaired) electrons. The summed E-state index contributed by atoms with van der Waals surface area (Å²) in [5.74, 6) is -0.311. The van der Waals surface area contributed by atoms with Gasteiger partial charge in [-0.2, -0.15) is 5.10 Å². The molecule has 1 aromatic heterocycles. The van der Waals surface area contributed by atoms with Gasteiger partial charge < -0.3 is 5.73 Å². The quantitative estimate of drug-likeness (QED) is 0.784. The van der Waals surface area contributed by atoms with Gasteiger partial charge in [-0.05, 0) is 42.0 Å². The van der Waals surface area contributed by atoms with Crippen molar-refractivity contribution >= 4 is 15.9 Å². The van der Waals surface area contributed by atoms with Gasteiger partial charge in [0.15, 0.2) is 0 Å². The second kappa shape index (κ2) is 5.79. The molecule has 0 aliphatic heterocycles. The Bertz CT molecular complexity index is 755. The Hall–Kier alpha value is -1.98. The zero-order valence-electron chi connectivity index (χ0n) is 11.1. The second-order valence-electron chi connectivity index (χ2n) is 4.65. The highest BCUT2D eigenvalue weighted by Gasteiger charge is 2.18. The van der Waals surface area contributed by atoms with Crippen molar-refractivity contribution in [2.24, 2.45) is 5.73 Å². The molecule has 0 bridgehead atoms. The molecule has 21 heavy (non-hydrogen) atoms. The minimum Gasteiger partial charge on any atom is -0.319 e.